The Morgan fingerprint density at radius 2 is 1.37 bits per heavy atom. The molecule has 0 amide bonds. The summed E-state index contributed by atoms with van der Waals surface area (Å²) in [6.07, 6.45) is 0.253. The number of ether oxygens (including phenoxy) is 1. The molecule has 0 heterocycles. The van der Waals surface area contributed by atoms with E-state index in [1.165, 1.54) is 0 Å². The standard InChI is InChI=1S/C13H28O5Si/c1-7-15-19(16-8-2,17-9-3)11-10-12(14)18-13(4,5)6/h7-11H2,1-6H3. The van der Waals surface area contributed by atoms with Gasteiger partial charge in [-0.2, -0.15) is 0 Å². The highest BCUT2D eigenvalue weighted by Crippen LogP contribution is 2.19. The number of hydrogen-bond donors (Lipinski definition) is 0. The minimum Gasteiger partial charge on any atom is -0.460 e. The highest BCUT2D eigenvalue weighted by Gasteiger charge is 2.41. The van der Waals surface area contributed by atoms with Crippen molar-refractivity contribution in [3.05, 3.63) is 0 Å². The van der Waals surface area contributed by atoms with Gasteiger partial charge in [0, 0.05) is 32.3 Å². The van der Waals surface area contributed by atoms with Crippen LogP contribution in [-0.4, -0.2) is 40.2 Å². The number of carbonyl (C=O) groups excluding carboxylic acids is 1. The van der Waals surface area contributed by atoms with Crippen LogP contribution >= 0.6 is 0 Å². The van der Waals surface area contributed by atoms with Crippen molar-refractivity contribution in [2.24, 2.45) is 0 Å². The largest absolute Gasteiger partial charge is 0.501 e. The molecule has 0 aliphatic carbocycles. The van der Waals surface area contributed by atoms with E-state index in [1.54, 1.807) is 0 Å². The Hall–Kier alpha value is -0.433. The molecule has 6 heteroatoms. The smallest absolute Gasteiger partial charge is 0.460 e. The van der Waals surface area contributed by atoms with Crippen LogP contribution in [0, 0.1) is 0 Å². The Morgan fingerprint density at radius 3 is 1.68 bits per heavy atom. The molecule has 0 N–H and O–H groups in total. The molecule has 0 aromatic carbocycles. The van der Waals surface area contributed by atoms with Gasteiger partial charge in [-0.25, -0.2) is 0 Å². The van der Waals surface area contributed by atoms with Crippen LogP contribution in [0.1, 0.15) is 48.0 Å². The van der Waals surface area contributed by atoms with Crippen molar-refractivity contribution in [2.75, 3.05) is 19.8 Å². The molecule has 0 atom stereocenters. The first-order valence-corrected chi connectivity index (χ1v) is 8.85. The monoisotopic (exact) mass is 292 g/mol. The molecule has 0 aromatic heterocycles. The number of carbonyl (C=O) groups is 1. The van der Waals surface area contributed by atoms with Crippen LogP contribution in [-0.2, 0) is 22.8 Å². The van der Waals surface area contributed by atoms with Gasteiger partial charge in [-0.3, -0.25) is 4.79 Å². The average Bonchev–Trinajstić information content (AvgIpc) is 2.25. The summed E-state index contributed by atoms with van der Waals surface area (Å²) in [4.78, 5) is 11.8. The van der Waals surface area contributed by atoms with Gasteiger partial charge in [-0.15, -0.1) is 0 Å². The first-order chi connectivity index (χ1) is 8.78. The zero-order valence-corrected chi connectivity index (χ0v) is 14.1. The summed E-state index contributed by atoms with van der Waals surface area (Å²) in [7, 11) is -2.73. The van der Waals surface area contributed by atoms with Crippen LogP contribution in [0.15, 0.2) is 0 Å². The Bertz CT molecular complexity index is 245. The van der Waals surface area contributed by atoms with Crippen LogP contribution in [0.3, 0.4) is 0 Å². The average molecular weight is 292 g/mol. The quantitative estimate of drug-likeness (QED) is 0.483. The molecule has 0 radical (unpaired) electrons. The van der Waals surface area contributed by atoms with Crippen molar-refractivity contribution >= 4 is 14.8 Å². The molecule has 0 aliphatic rings. The predicted octanol–water partition coefficient (Wildman–Crippen LogP) is 2.77. The normalized spacial score (nSPS) is 12.5. The van der Waals surface area contributed by atoms with E-state index in [0.717, 1.165) is 0 Å². The molecule has 5 nitrogen and oxygen atoms in total. The lowest BCUT2D eigenvalue weighted by Gasteiger charge is -2.28. The molecule has 19 heavy (non-hydrogen) atoms. The van der Waals surface area contributed by atoms with E-state index >= 15 is 0 Å². The molecule has 0 fully saturated rings. The summed E-state index contributed by atoms with van der Waals surface area (Å²) < 4.78 is 22.3. The second kappa shape index (κ2) is 8.68. The van der Waals surface area contributed by atoms with Crippen molar-refractivity contribution in [1.29, 1.82) is 0 Å². The van der Waals surface area contributed by atoms with Crippen LogP contribution < -0.4 is 0 Å². The van der Waals surface area contributed by atoms with Crippen molar-refractivity contribution < 1.29 is 22.8 Å². The van der Waals surface area contributed by atoms with Gasteiger partial charge in [0.25, 0.3) is 0 Å². The number of hydrogen-bond acceptors (Lipinski definition) is 5. The van der Waals surface area contributed by atoms with Crippen molar-refractivity contribution in [2.45, 2.75) is 59.6 Å². The maximum Gasteiger partial charge on any atom is 0.501 e. The minimum absolute atomic E-state index is 0.247. The van der Waals surface area contributed by atoms with Crippen LogP contribution in [0.4, 0.5) is 0 Å². The molecule has 0 rings (SSSR count). The van der Waals surface area contributed by atoms with Crippen LogP contribution in [0.5, 0.6) is 0 Å². The fourth-order valence-electron chi connectivity index (χ4n) is 1.65. The van der Waals surface area contributed by atoms with E-state index in [0.29, 0.717) is 25.9 Å². The first-order valence-electron chi connectivity index (χ1n) is 6.92. The molecule has 114 valence electrons. The van der Waals surface area contributed by atoms with Gasteiger partial charge < -0.3 is 18.0 Å². The third kappa shape index (κ3) is 8.36. The SMILES string of the molecule is CCO[Si](CCC(=O)OC(C)(C)C)(OCC)OCC. The highest BCUT2D eigenvalue weighted by atomic mass is 28.4. The molecule has 0 spiro atoms. The van der Waals surface area contributed by atoms with Gasteiger partial charge in [0.1, 0.15) is 5.60 Å². The van der Waals surface area contributed by atoms with Crippen molar-refractivity contribution in [3.63, 3.8) is 0 Å². The van der Waals surface area contributed by atoms with E-state index in [4.69, 9.17) is 18.0 Å². The second-order valence-corrected chi connectivity index (χ2v) is 7.80. The van der Waals surface area contributed by atoms with Crippen molar-refractivity contribution in [3.8, 4) is 0 Å². The molecular formula is C13H28O5Si. The molecule has 0 unspecified atom stereocenters. The lowest BCUT2D eigenvalue weighted by atomic mass is 10.2. The summed E-state index contributed by atoms with van der Waals surface area (Å²) in [6.45, 7) is 12.8. The summed E-state index contributed by atoms with van der Waals surface area (Å²) >= 11 is 0. The molecular weight excluding hydrogens is 264 g/mol. The van der Waals surface area contributed by atoms with Crippen LogP contribution in [0.25, 0.3) is 0 Å². The maximum atomic E-state index is 11.8. The number of esters is 1. The Balaban J connectivity index is 4.50. The third-order valence-electron chi connectivity index (χ3n) is 2.15. The Kier molecular flexibility index (Phi) is 8.48. The molecule has 0 aliphatic heterocycles. The number of rotatable bonds is 9. The minimum atomic E-state index is -2.73. The fourth-order valence-corrected chi connectivity index (χ4v) is 4.16. The predicted molar refractivity (Wildman–Crippen MR) is 75.9 cm³/mol. The van der Waals surface area contributed by atoms with Gasteiger partial charge in [-0.05, 0) is 41.5 Å². The summed E-state index contributed by atoms with van der Waals surface area (Å²) in [5, 5.41) is 0. The summed E-state index contributed by atoms with van der Waals surface area (Å²) in [5.74, 6) is -0.247. The summed E-state index contributed by atoms with van der Waals surface area (Å²) in [6, 6.07) is 0.456. The maximum absolute atomic E-state index is 11.8. The van der Waals surface area contributed by atoms with E-state index in [-0.39, 0.29) is 12.4 Å². The Labute approximate surface area is 117 Å². The Morgan fingerprint density at radius 1 is 0.947 bits per heavy atom. The first kappa shape index (κ1) is 18.6. The van der Waals surface area contributed by atoms with E-state index in [9.17, 15) is 4.79 Å². The molecule has 0 saturated heterocycles. The fraction of sp³-hybridized carbons (Fsp3) is 0.923. The van der Waals surface area contributed by atoms with Gasteiger partial charge in [0.05, 0.1) is 0 Å². The van der Waals surface area contributed by atoms with E-state index in [2.05, 4.69) is 0 Å². The zero-order chi connectivity index (χ0) is 14.9. The van der Waals surface area contributed by atoms with Gasteiger partial charge in [0.2, 0.25) is 0 Å². The van der Waals surface area contributed by atoms with Gasteiger partial charge in [-0.1, -0.05) is 0 Å². The molecule has 0 bridgehead atoms. The zero-order valence-electron chi connectivity index (χ0n) is 13.1. The third-order valence-corrected chi connectivity index (χ3v) is 5.20. The van der Waals surface area contributed by atoms with Crippen molar-refractivity contribution in [1.82, 2.24) is 0 Å². The van der Waals surface area contributed by atoms with Gasteiger partial charge in [0.15, 0.2) is 0 Å². The van der Waals surface area contributed by atoms with E-state index in [1.807, 2.05) is 41.5 Å². The lowest BCUT2D eigenvalue weighted by Crippen LogP contribution is -2.46. The molecule has 0 aromatic rings. The highest BCUT2D eigenvalue weighted by molar-refractivity contribution is 6.60. The summed E-state index contributed by atoms with van der Waals surface area (Å²) in [5.41, 5.74) is -0.468. The molecule has 0 saturated carbocycles. The lowest BCUT2D eigenvalue weighted by molar-refractivity contribution is -0.154. The topological polar surface area (TPSA) is 54.0 Å². The van der Waals surface area contributed by atoms with Crippen LogP contribution in [0.2, 0.25) is 6.04 Å². The van der Waals surface area contributed by atoms with E-state index < -0.39 is 14.4 Å². The second-order valence-electron chi connectivity index (χ2n) is 5.07. The van der Waals surface area contributed by atoms with Gasteiger partial charge >= 0.3 is 14.8 Å².